The minimum atomic E-state index is -0.998. The first-order valence-electron chi connectivity index (χ1n) is 4.35. The summed E-state index contributed by atoms with van der Waals surface area (Å²) < 4.78 is 26.8. The Bertz CT molecular complexity index is 391. The van der Waals surface area contributed by atoms with Crippen molar-refractivity contribution in [1.82, 2.24) is 0 Å². The lowest BCUT2D eigenvalue weighted by molar-refractivity contribution is -0.118. The van der Waals surface area contributed by atoms with E-state index in [4.69, 9.17) is 11.5 Å². The van der Waals surface area contributed by atoms with Crippen molar-refractivity contribution in [3.63, 3.8) is 0 Å². The smallest absolute Gasteiger partial charge is 0.236 e. The first kappa shape index (κ1) is 12.9. The molecule has 0 bridgehead atoms. The Morgan fingerprint density at radius 2 is 1.94 bits per heavy atom. The second kappa shape index (κ2) is 5.22. The SMILES string of the molecule is NC(=O)C(N)CNc1c(F)cc(Br)cc1F. The summed E-state index contributed by atoms with van der Waals surface area (Å²) in [6, 6.07) is 1.20. The Labute approximate surface area is 99.1 Å². The highest BCUT2D eigenvalue weighted by atomic mass is 79.9. The molecular formula is C9H10BrF2N3O. The number of benzene rings is 1. The van der Waals surface area contributed by atoms with E-state index in [1.54, 1.807) is 0 Å². The summed E-state index contributed by atoms with van der Waals surface area (Å²) >= 11 is 2.94. The second-order valence-corrected chi connectivity index (χ2v) is 4.05. The third kappa shape index (κ3) is 3.14. The second-order valence-electron chi connectivity index (χ2n) is 3.13. The zero-order valence-electron chi connectivity index (χ0n) is 8.14. The molecule has 0 radical (unpaired) electrons. The normalized spacial score (nSPS) is 12.2. The molecule has 0 fully saturated rings. The summed E-state index contributed by atoms with van der Waals surface area (Å²) in [5.74, 6) is -2.29. The van der Waals surface area contributed by atoms with E-state index in [1.165, 1.54) is 0 Å². The molecule has 0 saturated carbocycles. The van der Waals surface area contributed by atoms with Crippen LogP contribution in [0, 0.1) is 11.6 Å². The number of nitrogens with two attached hydrogens (primary N) is 2. The molecule has 0 heterocycles. The van der Waals surface area contributed by atoms with Crippen LogP contribution in [0.2, 0.25) is 0 Å². The number of primary amides is 1. The summed E-state index contributed by atoms with van der Waals surface area (Å²) in [4.78, 5) is 10.6. The predicted molar refractivity (Wildman–Crippen MR) is 59.7 cm³/mol. The van der Waals surface area contributed by atoms with E-state index >= 15 is 0 Å². The number of hydrogen-bond acceptors (Lipinski definition) is 3. The van der Waals surface area contributed by atoms with E-state index in [2.05, 4.69) is 21.2 Å². The summed E-state index contributed by atoms with van der Waals surface area (Å²) in [7, 11) is 0. The van der Waals surface area contributed by atoms with Gasteiger partial charge in [0.15, 0.2) is 0 Å². The Morgan fingerprint density at radius 3 is 2.38 bits per heavy atom. The number of amides is 1. The zero-order chi connectivity index (χ0) is 12.3. The van der Waals surface area contributed by atoms with Gasteiger partial charge in [0.2, 0.25) is 5.91 Å². The molecular weight excluding hydrogens is 284 g/mol. The van der Waals surface area contributed by atoms with E-state index < -0.39 is 23.6 Å². The van der Waals surface area contributed by atoms with Crippen LogP contribution >= 0.6 is 15.9 Å². The minimum Gasteiger partial charge on any atom is -0.378 e. The van der Waals surface area contributed by atoms with Crippen LogP contribution < -0.4 is 16.8 Å². The number of hydrogen-bond donors (Lipinski definition) is 3. The molecule has 0 spiro atoms. The van der Waals surface area contributed by atoms with Crippen molar-refractivity contribution in [2.45, 2.75) is 6.04 Å². The number of carbonyl (C=O) groups is 1. The average Bonchev–Trinajstić information content (AvgIpc) is 2.15. The number of carbonyl (C=O) groups excluding carboxylic acids is 1. The molecule has 1 rings (SSSR count). The van der Waals surface area contributed by atoms with E-state index in [0.29, 0.717) is 0 Å². The van der Waals surface area contributed by atoms with Crippen LogP contribution in [-0.4, -0.2) is 18.5 Å². The number of anilines is 1. The standard InChI is InChI=1S/C9H10BrF2N3O/c10-4-1-5(11)8(6(12)2-4)15-3-7(13)9(14)16/h1-2,7,15H,3,13H2,(H2,14,16). The fourth-order valence-corrected chi connectivity index (χ4v) is 1.43. The van der Waals surface area contributed by atoms with Crippen LogP contribution in [0.4, 0.5) is 14.5 Å². The molecule has 0 aliphatic heterocycles. The quantitative estimate of drug-likeness (QED) is 0.773. The van der Waals surface area contributed by atoms with Crippen LogP contribution in [-0.2, 0) is 4.79 Å². The van der Waals surface area contributed by atoms with Crippen molar-refractivity contribution >= 4 is 27.5 Å². The van der Waals surface area contributed by atoms with E-state index in [9.17, 15) is 13.6 Å². The molecule has 0 saturated heterocycles. The Balaban J connectivity index is 2.78. The maximum Gasteiger partial charge on any atom is 0.236 e. The molecule has 16 heavy (non-hydrogen) atoms. The van der Waals surface area contributed by atoms with Crippen LogP contribution in [0.3, 0.4) is 0 Å². The lowest BCUT2D eigenvalue weighted by atomic mass is 10.2. The molecule has 0 aliphatic rings. The third-order valence-corrected chi connectivity index (χ3v) is 2.33. The van der Waals surface area contributed by atoms with Gasteiger partial charge < -0.3 is 16.8 Å². The summed E-state index contributed by atoms with van der Waals surface area (Å²) in [5, 5.41) is 2.39. The van der Waals surface area contributed by atoms with E-state index in [1.807, 2.05) is 0 Å². The molecule has 1 amide bonds. The first-order valence-corrected chi connectivity index (χ1v) is 5.14. The average molecular weight is 294 g/mol. The molecule has 88 valence electrons. The van der Waals surface area contributed by atoms with Crippen LogP contribution in [0.15, 0.2) is 16.6 Å². The van der Waals surface area contributed by atoms with Crippen LogP contribution in [0.1, 0.15) is 0 Å². The fraction of sp³-hybridized carbons (Fsp3) is 0.222. The summed E-state index contributed by atoms with van der Waals surface area (Å²) in [6.07, 6.45) is 0. The van der Waals surface area contributed by atoms with Gasteiger partial charge in [0.05, 0.1) is 0 Å². The van der Waals surface area contributed by atoms with Crippen LogP contribution in [0.5, 0.6) is 0 Å². The Kier molecular flexibility index (Phi) is 4.19. The lowest BCUT2D eigenvalue weighted by Gasteiger charge is -2.12. The molecule has 1 aromatic carbocycles. The van der Waals surface area contributed by atoms with E-state index in [0.717, 1.165) is 12.1 Å². The molecule has 1 atom stereocenters. The van der Waals surface area contributed by atoms with Crippen LogP contribution in [0.25, 0.3) is 0 Å². The summed E-state index contributed by atoms with van der Waals surface area (Å²) in [5.41, 5.74) is 9.87. The molecule has 0 aromatic heterocycles. The molecule has 0 aliphatic carbocycles. The van der Waals surface area contributed by atoms with Gasteiger partial charge in [-0.1, -0.05) is 15.9 Å². The molecule has 5 N–H and O–H groups in total. The Morgan fingerprint density at radius 1 is 1.44 bits per heavy atom. The molecule has 7 heteroatoms. The topological polar surface area (TPSA) is 81.1 Å². The van der Waals surface area contributed by atoms with Gasteiger partial charge in [-0.15, -0.1) is 0 Å². The van der Waals surface area contributed by atoms with Crippen molar-refractivity contribution in [3.05, 3.63) is 28.2 Å². The molecule has 4 nitrogen and oxygen atoms in total. The first-order chi connectivity index (χ1) is 7.41. The van der Waals surface area contributed by atoms with Gasteiger partial charge in [0.1, 0.15) is 23.4 Å². The minimum absolute atomic E-state index is 0.134. The van der Waals surface area contributed by atoms with Gasteiger partial charge in [0.25, 0.3) is 0 Å². The number of nitrogens with one attached hydrogen (secondary N) is 1. The van der Waals surface area contributed by atoms with E-state index in [-0.39, 0.29) is 16.7 Å². The highest BCUT2D eigenvalue weighted by Crippen LogP contribution is 2.23. The monoisotopic (exact) mass is 293 g/mol. The van der Waals surface area contributed by atoms with Crippen molar-refractivity contribution in [1.29, 1.82) is 0 Å². The van der Waals surface area contributed by atoms with Gasteiger partial charge >= 0.3 is 0 Å². The number of halogens is 3. The maximum atomic E-state index is 13.3. The van der Waals surface area contributed by atoms with Crippen molar-refractivity contribution in [2.24, 2.45) is 11.5 Å². The van der Waals surface area contributed by atoms with Crippen molar-refractivity contribution in [3.8, 4) is 0 Å². The zero-order valence-corrected chi connectivity index (χ0v) is 9.72. The van der Waals surface area contributed by atoms with Gasteiger partial charge in [0, 0.05) is 11.0 Å². The van der Waals surface area contributed by atoms with Crippen molar-refractivity contribution in [2.75, 3.05) is 11.9 Å². The highest BCUT2D eigenvalue weighted by Gasteiger charge is 2.13. The van der Waals surface area contributed by atoms with Crippen molar-refractivity contribution < 1.29 is 13.6 Å². The van der Waals surface area contributed by atoms with Gasteiger partial charge in [-0.05, 0) is 12.1 Å². The number of rotatable bonds is 4. The third-order valence-electron chi connectivity index (χ3n) is 1.87. The largest absolute Gasteiger partial charge is 0.378 e. The fourth-order valence-electron chi connectivity index (χ4n) is 1.02. The lowest BCUT2D eigenvalue weighted by Crippen LogP contribution is -2.41. The Hall–Kier alpha value is -1.21. The maximum absolute atomic E-state index is 13.3. The predicted octanol–water partition coefficient (Wildman–Crippen LogP) is 0.952. The molecule has 1 unspecified atom stereocenters. The summed E-state index contributed by atoms with van der Waals surface area (Å²) in [6.45, 7) is -0.134. The molecule has 1 aromatic rings. The van der Waals surface area contributed by atoms with Gasteiger partial charge in [-0.2, -0.15) is 0 Å². The van der Waals surface area contributed by atoms with Gasteiger partial charge in [-0.3, -0.25) is 4.79 Å². The van der Waals surface area contributed by atoms with Gasteiger partial charge in [-0.25, -0.2) is 8.78 Å². The highest BCUT2D eigenvalue weighted by molar-refractivity contribution is 9.10.